The molecule has 0 fully saturated rings. The van der Waals surface area contributed by atoms with Gasteiger partial charge in [0.25, 0.3) is 0 Å². The van der Waals surface area contributed by atoms with Gasteiger partial charge in [0, 0.05) is 26.2 Å². The van der Waals surface area contributed by atoms with E-state index in [2.05, 4.69) is 5.32 Å². The average molecular weight is 391 g/mol. The number of hydrogen-bond acceptors (Lipinski definition) is 4. The fraction of sp³-hybridized carbons (Fsp3) is 0.350. The zero-order valence-electron chi connectivity index (χ0n) is 16.4. The summed E-state index contributed by atoms with van der Waals surface area (Å²) in [6, 6.07) is 10.5. The number of nitrogens with one attached hydrogen (secondary N) is 1. The summed E-state index contributed by atoms with van der Waals surface area (Å²) in [6.07, 6.45) is 0.590. The number of anilines is 1. The minimum atomic E-state index is -3.55. The van der Waals surface area contributed by atoms with Crippen LogP contribution in [-0.4, -0.2) is 39.8 Å². The molecule has 2 rings (SSSR count). The fourth-order valence-electron chi connectivity index (χ4n) is 2.78. The number of amides is 1. The summed E-state index contributed by atoms with van der Waals surface area (Å²) in [5, 5.41) is 2.94. The quantitative estimate of drug-likeness (QED) is 0.788. The Labute approximate surface area is 161 Å². The number of methoxy groups -OCH3 is 1. The molecule has 0 unspecified atom stereocenters. The standard InChI is InChI=1S/C20H26N2O4S/c1-14-7-6-8-15(2)20(14)21-19(23)12-9-16-13-17(10-11-18(16)26-5)27(24,25)22(3)4/h6-8,10-11,13H,9,12H2,1-5H3,(H,21,23). The molecule has 2 aromatic carbocycles. The number of hydrogen-bond donors (Lipinski definition) is 1. The molecule has 0 aliphatic heterocycles. The molecular weight excluding hydrogens is 364 g/mol. The van der Waals surface area contributed by atoms with Crippen molar-refractivity contribution in [2.24, 2.45) is 0 Å². The molecule has 0 saturated heterocycles. The van der Waals surface area contributed by atoms with E-state index in [9.17, 15) is 13.2 Å². The van der Waals surface area contributed by atoms with E-state index in [4.69, 9.17) is 4.74 Å². The van der Waals surface area contributed by atoms with Crippen molar-refractivity contribution < 1.29 is 17.9 Å². The maximum Gasteiger partial charge on any atom is 0.242 e. The molecule has 0 atom stereocenters. The molecule has 0 aromatic heterocycles. The number of sulfonamides is 1. The lowest BCUT2D eigenvalue weighted by molar-refractivity contribution is -0.116. The zero-order chi connectivity index (χ0) is 20.2. The van der Waals surface area contributed by atoms with Crippen molar-refractivity contribution in [1.29, 1.82) is 0 Å². The number of rotatable bonds is 7. The molecule has 2 aromatic rings. The van der Waals surface area contributed by atoms with Crippen LogP contribution in [0.1, 0.15) is 23.1 Å². The molecule has 1 amide bonds. The van der Waals surface area contributed by atoms with Crippen LogP contribution in [0.4, 0.5) is 5.69 Å². The summed E-state index contributed by atoms with van der Waals surface area (Å²) in [5.74, 6) is 0.433. The van der Waals surface area contributed by atoms with Crippen LogP contribution < -0.4 is 10.1 Å². The molecular formula is C20H26N2O4S. The molecule has 7 heteroatoms. The van der Waals surface area contributed by atoms with Crippen molar-refractivity contribution >= 4 is 21.6 Å². The number of para-hydroxylation sites is 1. The maximum atomic E-state index is 12.4. The molecule has 0 bridgehead atoms. The highest BCUT2D eigenvalue weighted by Gasteiger charge is 2.19. The first-order valence-corrected chi connectivity index (χ1v) is 10.1. The first-order valence-electron chi connectivity index (χ1n) is 8.62. The molecule has 0 aliphatic rings. The fourth-order valence-corrected chi connectivity index (χ4v) is 3.74. The van der Waals surface area contributed by atoms with Crippen LogP contribution in [0.2, 0.25) is 0 Å². The molecule has 0 saturated carbocycles. The predicted molar refractivity (Wildman–Crippen MR) is 107 cm³/mol. The van der Waals surface area contributed by atoms with Gasteiger partial charge < -0.3 is 10.1 Å². The van der Waals surface area contributed by atoms with E-state index in [0.29, 0.717) is 17.7 Å². The van der Waals surface area contributed by atoms with Gasteiger partial charge >= 0.3 is 0 Å². The number of carbonyl (C=O) groups is 1. The van der Waals surface area contributed by atoms with E-state index in [0.717, 1.165) is 21.1 Å². The van der Waals surface area contributed by atoms with E-state index in [-0.39, 0.29) is 17.2 Å². The van der Waals surface area contributed by atoms with Gasteiger partial charge in [-0.3, -0.25) is 4.79 Å². The van der Waals surface area contributed by atoms with Gasteiger partial charge in [-0.15, -0.1) is 0 Å². The minimum absolute atomic E-state index is 0.129. The van der Waals surface area contributed by atoms with Crippen LogP contribution in [0.25, 0.3) is 0 Å². The van der Waals surface area contributed by atoms with Crippen molar-refractivity contribution in [3.8, 4) is 5.75 Å². The summed E-state index contributed by atoms with van der Waals surface area (Å²) >= 11 is 0. The molecule has 0 radical (unpaired) electrons. The van der Waals surface area contributed by atoms with Gasteiger partial charge in [-0.2, -0.15) is 0 Å². The second-order valence-corrected chi connectivity index (χ2v) is 8.73. The van der Waals surface area contributed by atoms with Gasteiger partial charge in [0.05, 0.1) is 12.0 Å². The van der Waals surface area contributed by atoms with E-state index in [1.807, 2.05) is 32.0 Å². The summed E-state index contributed by atoms with van der Waals surface area (Å²) in [7, 11) is 0.945. The third-order valence-electron chi connectivity index (χ3n) is 4.40. The molecule has 0 aliphatic carbocycles. The molecule has 1 N–H and O–H groups in total. The van der Waals surface area contributed by atoms with Crippen molar-refractivity contribution in [2.75, 3.05) is 26.5 Å². The lowest BCUT2D eigenvalue weighted by Gasteiger charge is -2.15. The Morgan fingerprint density at radius 3 is 2.30 bits per heavy atom. The first-order chi connectivity index (χ1) is 12.7. The average Bonchev–Trinajstić information content (AvgIpc) is 2.62. The second kappa shape index (κ2) is 8.54. The van der Waals surface area contributed by atoms with Crippen LogP contribution >= 0.6 is 0 Å². The topological polar surface area (TPSA) is 75.7 Å². The summed E-state index contributed by atoms with van der Waals surface area (Å²) < 4.78 is 31.2. The largest absolute Gasteiger partial charge is 0.496 e. The highest BCUT2D eigenvalue weighted by Crippen LogP contribution is 2.25. The molecule has 0 spiro atoms. The lowest BCUT2D eigenvalue weighted by Crippen LogP contribution is -2.22. The van der Waals surface area contributed by atoms with E-state index in [1.54, 1.807) is 12.1 Å². The highest BCUT2D eigenvalue weighted by molar-refractivity contribution is 7.89. The third-order valence-corrected chi connectivity index (χ3v) is 6.21. The number of ether oxygens (including phenoxy) is 1. The third kappa shape index (κ3) is 4.87. The minimum Gasteiger partial charge on any atom is -0.496 e. The Hall–Kier alpha value is -2.38. The maximum absolute atomic E-state index is 12.4. The Balaban J connectivity index is 2.18. The Bertz CT molecular complexity index is 917. The molecule has 0 heterocycles. The number of nitrogens with zero attached hydrogens (tertiary/aromatic N) is 1. The van der Waals surface area contributed by atoms with Crippen LogP contribution in [0.15, 0.2) is 41.3 Å². The van der Waals surface area contributed by atoms with Crippen molar-refractivity contribution in [3.05, 3.63) is 53.1 Å². The molecule has 6 nitrogen and oxygen atoms in total. The smallest absolute Gasteiger partial charge is 0.242 e. The van der Waals surface area contributed by atoms with Gasteiger partial charge in [0.15, 0.2) is 0 Å². The van der Waals surface area contributed by atoms with Gasteiger partial charge in [-0.25, -0.2) is 12.7 Å². The first kappa shape index (κ1) is 20.9. The highest BCUT2D eigenvalue weighted by atomic mass is 32.2. The van der Waals surface area contributed by atoms with Crippen LogP contribution in [-0.2, 0) is 21.2 Å². The number of carbonyl (C=O) groups excluding carboxylic acids is 1. The summed E-state index contributed by atoms with van der Waals surface area (Å²) in [4.78, 5) is 12.6. The van der Waals surface area contributed by atoms with Gasteiger partial charge in [-0.1, -0.05) is 18.2 Å². The Morgan fingerprint density at radius 2 is 1.74 bits per heavy atom. The lowest BCUT2D eigenvalue weighted by atomic mass is 10.1. The van der Waals surface area contributed by atoms with Crippen molar-refractivity contribution in [2.45, 2.75) is 31.6 Å². The summed E-state index contributed by atoms with van der Waals surface area (Å²) in [6.45, 7) is 3.89. The number of aryl methyl sites for hydroxylation is 3. The Morgan fingerprint density at radius 1 is 1.11 bits per heavy atom. The van der Waals surface area contributed by atoms with E-state index in [1.165, 1.54) is 27.3 Å². The van der Waals surface area contributed by atoms with E-state index >= 15 is 0 Å². The zero-order valence-corrected chi connectivity index (χ0v) is 17.2. The second-order valence-electron chi connectivity index (χ2n) is 6.58. The van der Waals surface area contributed by atoms with Crippen LogP contribution in [0, 0.1) is 13.8 Å². The van der Waals surface area contributed by atoms with Gasteiger partial charge in [0.1, 0.15) is 5.75 Å². The monoisotopic (exact) mass is 390 g/mol. The van der Waals surface area contributed by atoms with Crippen molar-refractivity contribution in [3.63, 3.8) is 0 Å². The van der Waals surface area contributed by atoms with Crippen LogP contribution in [0.3, 0.4) is 0 Å². The SMILES string of the molecule is COc1ccc(S(=O)(=O)N(C)C)cc1CCC(=O)Nc1c(C)cccc1C. The Kier molecular flexibility index (Phi) is 6.62. The van der Waals surface area contributed by atoms with Gasteiger partial charge in [-0.05, 0) is 55.2 Å². The molecule has 146 valence electrons. The van der Waals surface area contributed by atoms with E-state index < -0.39 is 10.0 Å². The molecule has 27 heavy (non-hydrogen) atoms. The number of benzene rings is 2. The van der Waals surface area contributed by atoms with Crippen molar-refractivity contribution in [1.82, 2.24) is 4.31 Å². The van der Waals surface area contributed by atoms with Crippen LogP contribution in [0.5, 0.6) is 5.75 Å². The van der Waals surface area contributed by atoms with Gasteiger partial charge in [0.2, 0.25) is 15.9 Å². The summed E-state index contributed by atoms with van der Waals surface area (Å²) in [5.41, 5.74) is 3.50. The normalized spacial score (nSPS) is 11.5. The predicted octanol–water partition coefficient (Wildman–Crippen LogP) is 3.13.